The molecule has 1 heterocycles. The number of nitrogen functional groups attached to an aromatic ring is 1. The van der Waals surface area contributed by atoms with Gasteiger partial charge >= 0.3 is 12.1 Å². The van der Waals surface area contributed by atoms with Crippen molar-refractivity contribution in [3.05, 3.63) is 28.2 Å². The van der Waals surface area contributed by atoms with Crippen LogP contribution in [-0.2, 0) is 20.8 Å². The number of nitrogens with one attached hydrogen (secondary N) is 1. The molecule has 0 aromatic heterocycles. The van der Waals surface area contributed by atoms with Crippen molar-refractivity contribution in [1.82, 2.24) is 10.2 Å². The van der Waals surface area contributed by atoms with Crippen molar-refractivity contribution in [2.45, 2.75) is 51.4 Å². The van der Waals surface area contributed by atoms with Gasteiger partial charge in [-0.25, -0.2) is 9.59 Å². The smallest absolute Gasteiger partial charge is 0.411 e. The minimum Gasteiger partial charge on any atom is -0.467 e. The molecule has 144 valence electrons. The lowest BCUT2D eigenvalue weighted by Gasteiger charge is -2.27. The molecule has 1 saturated heterocycles. The maximum Gasteiger partial charge on any atom is 0.411 e. The summed E-state index contributed by atoms with van der Waals surface area (Å²) in [4.78, 5) is 26.0. The molecule has 2 atom stereocenters. The number of hydrogen-bond acceptors (Lipinski definition) is 6. The molecule has 0 aliphatic carbocycles. The Kier molecular flexibility index (Phi) is 6.52. The minimum absolute atomic E-state index is 0.0648. The average Bonchev–Trinajstić information content (AvgIpc) is 2.98. The second kappa shape index (κ2) is 8.26. The highest BCUT2D eigenvalue weighted by atomic mass is 79.9. The molecular weight excluding hydrogens is 402 g/mol. The van der Waals surface area contributed by atoms with Crippen molar-refractivity contribution < 1.29 is 19.1 Å². The molecule has 0 radical (unpaired) electrons. The predicted octanol–water partition coefficient (Wildman–Crippen LogP) is 2.67. The molecular formula is C18H26BrN3O4. The van der Waals surface area contributed by atoms with Gasteiger partial charge in [-0.2, -0.15) is 0 Å². The van der Waals surface area contributed by atoms with Gasteiger partial charge in [-0.1, -0.05) is 12.1 Å². The fourth-order valence-electron chi connectivity index (χ4n) is 2.86. The Morgan fingerprint density at radius 1 is 1.38 bits per heavy atom. The van der Waals surface area contributed by atoms with Crippen LogP contribution in [-0.4, -0.2) is 48.3 Å². The molecule has 2 rings (SSSR count). The highest BCUT2D eigenvalue weighted by molar-refractivity contribution is 9.10. The summed E-state index contributed by atoms with van der Waals surface area (Å²) in [6.07, 6.45) is -0.0565. The van der Waals surface area contributed by atoms with Crippen LogP contribution in [0.25, 0.3) is 0 Å². The third-order valence-electron chi connectivity index (χ3n) is 4.13. The van der Waals surface area contributed by atoms with Crippen LogP contribution < -0.4 is 11.1 Å². The Bertz CT molecular complexity index is 675. The molecule has 1 aromatic rings. The first-order chi connectivity index (χ1) is 12.1. The molecule has 0 spiro atoms. The quantitative estimate of drug-likeness (QED) is 0.566. The second-order valence-corrected chi connectivity index (χ2v) is 8.15. The lowest BCUT2D eigenvalue weighted by molar-refractivity contribution is -0.145. The molecule has 1 fully saturated rings. The summed E-state index contributed by atoms with van der Waals surface area (Å²) >= 11 is 3.41. The molecule has 1 aromatic carbocycles. The number of esters is 1. The summed E-state index contributed by atoms with van der Waals surface area (Å²) in [7, 11) is 1.32. The van der Waals surface area contributed by atoms with E-state index in [1.165, 1.54) is 12.0 Å². The van der Waals surface area contributed by atoms with Gasteiger partial charge < -0.3 is 20.5 Å². The number of carbonyl (C=O) groups is 2. The molecule has 0 unspecified atom stereocenters. The largest absolute Gasteiger partial charge is 0.467 e. The molecule has 3 N–H and O–H groups in total. The number of carbonyl (C=O) groups excluding carboxylic acids is 2. The van der Waals surface area contributed by atoms with Crippen LogP contribution in [0, 0.1) is 0 Å². The first kappa shape index (κ1) is 20.5. The molecule has 7 nitrogen and oxygen atoms in total. The van der Waals surface area contributed by atoms with Gasteiger partial charge in [0, 0.05) is 23.6 Å². The molecule has 0 saturated carbocycles. The Hall–Kier alpha value is -1.80. The van der Waals surface area contributed by atoms with Gasteiger partial charge in [-0.15, -0.1) is 0 Å². The SMILES string of the molecule is COC(=O)[C@@H]1C[C@@H](NCc2cccc(Br)c2N)CN1C(=O)OC(C)(C)C. The van der Waals surface area contributed by atoms with E-state index in [0.29, 0.717) is 25.2 Å². The maximum atomic E-state index is 12.5. The first-order valence-corrected chi connectivity index (χ1v) is 9.25. The number of benzene rings is 1. The molecule has 1 amide bonds. The highest BCUT2D eigenvalue weighted by Gasteiger charge is 2.42. The van der Waals surface area contributed by atoms with E-state index in [2.05, 4.69) is 21.2 Å². The zero-order valence-electron chi connectivity index (χ0n) is 15.5. The summed E-state index contributed by atoms with van der Waals surface area (Å²) in [6.45, 7) is 6.27. The summed E-state index contributed by atoms with van der Waals surface area (Å²) in [6, 6.07) is 5.01. The van der Waals surface area contributed by atoms with Gasteiger partial charge in [0.25, 0.3) is 0 Å². The minimum atomic E-state index is -0.660. The second-order valence-electron chi connectivity index (χ2n) is 7.30. The zero-order valence-corrected chi connectivity index (χ0v) is 17.1. The topological polar surface area (TPSA) is 93.9 Å². The summed E-state index contributed by atoms with van der Waals surface area (Å²) < 4.78 is 11.1. The van der Waals surface area contributed by atoms with Crippen LogP contribution in [0.15, 0.2) is 22.7 Å². The number of halogens is 1. The van der Waals surface area contributed by atoms with Gasteiger partial charge in [-0.3, -0.25) is 4.90 Å². The number of amides is 1. The van der Waals surface area contributed by atoms with E-state index < -0.39 is 23.7 Å². The molecule has 8 heteroatoms. The van der Waals surface area contributed by atoms with E-state index >= 15 is 0 Å². The average molecular weight is 428 g/mol. The van der Waals surface area contributed by atoms with Gasteiger partial charge in [0.15, 0.2) is 0 Å². The normalized spacial score (nSPS) is 20.1. The monoisotopic (exact) mass is 427 g/mol. The predicted molar refractivity (Wildman–Crippen MR) is 103 cm³/mol. The molecule has 1 aliphatic rings. The summed E-state index contributed by atoms with van der Waals surface area (Å²) in [5.41, 5.74) is 7.05. The van der Waals surface area contributed by atoms with Crippen LogP contribution >= 0.6 is 15.9 Å². The van der Waals surface area contributed by atoms with E-state index in [4.69, 9.17) is 15.2 Å². The van der Waals surface area contributed by atoms with Crippen molar-refractivity contribution in [2.75, 3.05) is 19.4 Å². The van der Waals surface area contributed by atoms with Crippen LogP contribution in [0.4, 0.5) is 10.5 Å². The van der Waals surface area contributed by atoms with E-state index in [9.17, 15) is 9.59 Å². The van der Waals surface area contributed by atoms with Crippen LogP contribution in [0.1, 0.15) is 32.8 Å². The van der Waals surface area contributed by atoms with Crippen molar-refractivity contribution >= 4 is 33.7 Å². The standard InChI is InChI=1S/C18H26BrN3O4/c1-18(2,3)26-17(24)22-10-12(8-14(22)16(23)25-4)21-9-11-6-5-7-13(19)15(11)20/h5-7,12,14,21H,8-10,20H2,1-4H3/t12-,14+/m1/s1. The Morgan fingerprint density at radius 3 is 2.69 bits per heavy atom. The number of likely N-dealkylation sites (tertiary alicyclic amines) is 1. The number of methoxy groups -OCH3 is 1. The van der Waals surface area contributed by atoms with Crippen molar-refractivity contribution in [3.8, 4) is 0 Å². The number of para-hydroxylation sites is 1. The highest BCUT2D eigenvalue weighted by Crippen LogP contribution is 2.25. The van der Waals surface area contributed by atoms with E-state index in [1.807, 2.05) is 18.2 Å². The lowest BCUT2D eigenvalue weighted by atomic mass is 10.1. The number of ether oxygens (including phenoxy) is 2. The number of nitrogens with zero attached hydrogens (tertiary/aromatic N) is 1. The van der Waals surface area contributed by atoms with Crippen LogP contribution in [0.3, 0.4) is 0 Å². The molecule has 26 heavy (non-hydrogen) atoms. The zero-order chi connectivity index (χ0) is 19.5. The summed E-state index contributed by atoms with van der Waals surface area (Å²) in [5, 5.41) is 3.36. The number of anilines is 1. The van der Waals surface area contributed by atoms with Crippen LogP contribution in [0.5, 0.6) is 0 Å². The Morgan fingerprint density at radius 2 is 2.08 bits per heavy atom. The number of nitrogens with two attached hydrogens (primary N) is 1. The molecule has 1 aliphatic heterocycles. The van der Waals surface area contributed by atoms with Gasteiger partial charge in [0.2, 0.25) is 0 Å². The van der Waals surface area contributed by atoms with Crippen molar-refractivity contribution in [1.29, 1.82) is 0 Å². The Balaban J connectivity index is 2.06. The van der Waals surface area contributed by atoms with Gasteiger partial charge in [0.05, 0.1) is 12.8 Å². The lowest BCUT2D eigenvalue weighted by Crippen LogP contribution is -2.44. The van der Waals surface area contributed by atoms with Gasteiger partial charge in [-0.05, 0) is 54.8 Å². The Labute approximate surface area is 162 Å². The molecule has 0 bridgehead atoms. The summed E-state index contributed by atoms with van der Waals surface area (Å²) in [5.74, 6) is -0.442. The number of rotatable bonds is 4. The maximum absolute atomic E-state index is 12.5. The van der Waals surface area contributed by atoms with E-state index in [-0.39, 0.29) is 6.04 Å². The van der Waals surface area contributed by atoms with E-state index in [1.54, 1.807) is 20.8 Å². The third kappa shape index (κ3) is 5.11. The fraction of sp³-hybridized carbons (Fsp3) is 0.556. The third-order valence-corrected chi connectivity index (χ3v) is 4.82. The van der Waals surface area contributed by atoms with Gasteiger partial charge in [0.1, 0.15) is 11.6 Å². The first-order valence-electron chi connectivity index (χ1n) is 8.46. The van der Waals surface area contributed by atoms with Crippen LogP contribution in [0.2, 0.25) is 0 Å². The van der Waals surface area contributed by atoms with E-state index in [0.717, 1.165) is 10.0 Å². The van der Waals surface area contributed by atoms with Crippen molar-refractivity contribution in [3.63, 3.8) is 0 Å². The number of hydrogen-bond donors (Lipinski definition) is 2. The van der Waals surface area contributed by atoms with Crippen molar-refractivity contribution in [2.24, 2.45) is 0 Å². The fourth-order valence-corrected chi connectivity index (χ4v) is 3.26.